The highest BCUT2D eigenvalue weighted by Crippen LogP contribution is 2.37. The van der Waals surface area contributed by atoms with Gasteiger partial charge in [-0.3, -0.25) is 4.79 Å². The van der Waals surface area contributed by atoms with Gasteiger partial charge in [-0.25, -0.2) is 8.78 Å². The van der Waals surface area contributed by atoms with Crippen molar-refractivity contribution in [1.82, 2.24) is 0 Å². The van der Waals surface area contributed by atoms with E-state index in [0.29, 0.717) is 5.76 Å². The van der Waals surface area contributed by atoms with Crippen LogP contribution >= 0.6 is 11.6 Å². The van der Waals surface area contributed by atoms with Crippen LogP contribution in [-0.2, 0) is 16.6 Å². The molecule has 1 unspecified atom stereocenters. The van der Waals surface area contributed by atoms with Gasteiger partial charge in [0.1, 0.15) is 5.76 Å². The zero-order valence-corrected chi connectivity index (χ0v) is 11.4. The average Bonchev–Trinajstić information content (AvgIpc) is 2.87. The van der Waals surface area contributed by atoms with Gasteiger partial charge in [0.2, 0.25) is 5.24 Å². The lowest BCUT2D eigenvalue weighted by atomic mass is 9.78. The van der Waals surface area contributed by atoms with Gasteiger partial charge in [-0.15, -0.1) is 0 Å². The van der Waals surface area contributed by atoms with E-state index >= 15 is 0 Å². The third-order valence-electron chi connectivity index (χ3n) is 3.22. The van der Waals surface area contributed by atoms with E-state index in [1.54, 1.807) is 12.1 Å². The first-order valence-electron chi connectivity index (χ1n) is 5.82. The minimum absolute atomic E-state index is 0.0209. The van der Waals surface area contributed by atoms with Gasteiger partial charge >= 0.3 is 0 Å². The Bertz CT molecular complexity index is 643. The number of hydrogen-bond donors (Lipinski definition) is 1. The molecule has 0 radical (unpaired) electrons. The Kier molecular flexibility index (Phi) is 3.81. The molecule has 1 atom stereocenters. The summed E-state index contributed by atoms with van der Waals surface area (Å²) in [5.41, 5.74) is 3.89. The van der Waals surface area contributed by atoms with E-state index in [9.17, 15) is 13.6 Å². The summed E-state index contributed by atoms with van der Waals surface area (Å²) >= 11 is 5.61. The highest BCUT2D eigenvalue weighted by molar-refractivity contribution is 6.65. The number of anilines is 1. The summed E-state index contributed by atoms with van der Waals surface area (Å²) in [6.07, 6.45) is 1.40. The second-order valence-corrected chi connectivity index (χ2v) is 5.03. The first-order chi connectivity index (χ1) is 9.36. The van der Waals surface area contributed by atoms with Crippen LogP contribution in [0.15, 0.2) is 34.9 Å². The Hall–Kier alpha value is -1.88. The lowest BCUT2D eigenvalue weighted by molar-refractivity contribution is -0.116. The van der Waals surface area contributed by atoms with Crippen molar-refractivity contribution in [1.29, 1.82) is 0 Å². The molecule has 0 aliphatic rings. The van der Waals surface area contributed by atoms with E-state index < -0.39 is 22.3 Å². The van der Waals surface area contributed by atoms with Gasteiger partial charge in [-0.2, -0.15) is 0 Å². The van der Waals surface area contributed by atoms with Crippen molar-refractivity contribution in [3.05, 3.63) is 53.5 Å². The molecular formula is C14H12ClF2NO2. The largest absolute Gasteiger partial charge is 0.469 e. The number of hydrogen-bond acceptors (Lipinski definition) is 3. The van der Waals surface area contributed by atoms with Gasteiger partial charge in [-0.05, 0) is 42.8 Å². The number of furan rings is 1. The van der Waals surface area contributed by atoms with E-state index in [2.05, 4.69) is 0 Å². The lowest BCUT2D eigenvalue weighted by Gasteiger charge is -2.27. The van der Waals surface area contributed by atoms with Crippen molar-refractivity contribution < 1.29 is 18.0 Å². The monoisotopic (exact) mass is 299 g/mol. The normalized spacial score (nSPS) is 14.0. The molecule has 0 aliphatic heterocycles. The van der Waals surface area contributed by atoms with Crippen molar-refractivity contribution in [3.63, 3.8) is 0 Å². The maximum atomic E-state index is 14.1. The number of benzene rings is 1. The van der Waals surface area contributed by atoms with Crippen LogP contribution in [0.2, 0.25) is 0 Å². The second kappa shape index (κ2) is 5.25. The summed E-state index contributed by atoms with van der Waals surface area (Å²) in [5, 5.41) is -0.842. The maximum absolute atomic E-state index is 14.1. The van der Waals surface area contributed by atoms with E-state index in [0.717, 1.165) is 6.07 Å². The fraction of sp³-hybridized carbons (Fsp3) is 0.214. The fourth-order valence-electron chi connectivity index (χ4n) is 2.14. The van der Waals surface area contributed by atoms with Gasteiger partial charge in [0.15, 0.2) is 11.6 Å². The van der Waals surface area contributed by atoms with E-state index in [1.807, 2.05) is 0 Å². The zero-order valence-electron chi connectivity index (χ0n) is 10.6. The van der Waals surface area contributed by atoms with Crippen LogP contribution in [-0.4, -0.2) is 5.24 Å². The Balaban J connectivity index is 2.59. The predicted molar refractivity (Wildman–Crippen MR) is 71.4 cm³/mol. The van der Waals surface area contributed by atoms with Crippen LogP contribution in [0.3, 0.4) is 0 Å². The number of rotatable bonds is 4. The van der Waals surface area contributed by atoms with Crippen molar-refractivity contribution in [2.45, 2.75) is 18.8 Å². The van der Waals surface area contributed by atoms with Crippen LogP contribution < -0.4 is 5.73 Å². The standard InChI is InChI=1S/C14H12ClF2NO2/c1-14(13(15)19,7-8-3-2-6-20-8)11-10(18)5-4-9(16)12(11)17/h2-6H,7,18H2,1H3. The van der Waals surface area contributed by atoms with E-state index in [1.165, 1.54) is 19.3 Å². The summed E-state index contributed by atoms with van der Waals surface area (Å²) < 4.78 is 32.6. The molecule has 0 spiro atoms. The molecule has 0 bridgehead atoms. The third kappa shape index (κ3) is 2.41. The molecule has 2 N–H and O–H groups in total. The summed E-state index contributed by atoms with van der Waals surface area (Å²) in [6.45, 7) is 1.40. The third-order valence-corrected chi connectivity index (χ3v) is 3.64. The number of nitrogens with two attached hydrogens (primary N) is 1. The minimum Gasteiger partial charge on any atom is -0.469 e. The lowest BCUT2D eigenvalue weighted by Crippen LogP contribution is -2.34. The smallest absolute Gasteiger partial charge is 0.232 e. The highest BCUT2D eigenvalue weighted by atomic mass is 35.5. The van der Waals surface area contributed by atoms with Crippen LogP contribution in [0.1, 0.15) is 18.2 Å². The van der Waals surface area contributed by atoms with Crippen molar-refractivity contribution in [2.75, 3.05) is 5.73 Å². The number of carbonyl (C=O) groups is 1. The van der Waals surface area contributed by atoms with Gasteiger partial charge in [-0.1, -0.05) is 0 Å². The SMILES string of the molecule is CC(Cc1ccco1)(C(=O)Cl)c1c(N)ccc(F)c1F. The molecule has 20 heavy (non-hydrogen) atoms. The molecule has 3 nitrogen and oxygen atoms in total. The molecule has 6 heteroatoms. The van der Waals surface area contributed by atoms with Gasteiger partial charge in [0.05, 0.1) is 11.7 Å². The number of halogens is 3. The molecule has 2 aromatic rings. The molecule has 2 rings (SSSR count). The molecule has 1 heterocycles. The minimum atomic E-state index is -1.52. The van der Waals surface area contributed by atoms with Crippen molar-refractivity contribution >= 4 is 22.5 Å². The van der Waals surface area contributed by atoms with Gasteiger partial charge < -0.3 is 10.2 Å². The molecule has 0 aliphatic carbocycles. The van der Waals surface area contributed by atoms with Gasteiger partial charge in [0, 0.05) is 17.7 Å². The Morgan fingerprint density at radius 2 is 2.10 bits per heavy atom. The second-order valence-electron chi connectivity index (χ2n) is 4.69. The molecule has 0 amide bonds. The molecule has 0 fully saturated rings. The molecular weight excluding hydrogens is 288 g/mol. The predicted octanol–water partition coefficient (Wildman–Crippen LogP) is 3.41. The Labute approximate surface area is 119 Å². The zero-order chi connectivity index (χ0) is 14.9. The average molecular weight is 300 g/mol. The Morgan fingerprint density at radius 3 is 2.65 bits per heavy atom. The van der Waals surface area contributed by atoms with E-state index in [-0.39, 0.29) is 17.7 Å². The van der Waals surface area contributed by atoms with Crippen LogP contribution in [0.5, 0.6) is 0 Å². The van der Waals surface area contributed by atoms with Crippen LogP contribution in [0, 0.1) is 11.6 Å². The molecule has 1 aromatic heterocycles. The number of carbonyl (C=O) groups excluding carboxylic acids is 1. The molecule has 1 aromatic carbocycles. The summed E-state index contributed by atoms with van der Waals surface area (Å²) in [5.74, 6) is -1.84. The topological polar surface area (TPSA) is 56.2 Å². The summed E-state index contributed by atoms with van der Waals surface area (Å²) in [6, 6.07) is 5.35. The fourth-order valence-corrected chi connectivity index (χ4v) is 2.31. The quantitative estimate of drug-likeness (QED) is 0.695. The summed E-state index contributed by atoms with van der Waals surface area (Å²) in [7, 11) is 0. The van der Waals surface area contributed by atoms with Crippen LogP contribution in [0.25, 0.3) is 0 Å². The summed E-state index contributed by atoms with van der Waals surface area (Å²) in [4.78, 5) is 11.8. The first kappa shape index (κ1) is 14.5. The molecule has 0 saturated heterocycles. The van der Waals surface area contributed by atoms with E-state index in [4.69, 9.17) is 21.8 Å². The molecule has 106 valence electrons. The maximum Gasteiger partial charge on any atom is 0.232 e. The Morgan fingerprint density at radius 1 is 1.40 bits per heavy atom. The number of nitrogen functional groups attached to an aromatic ring is 1. The van der Waals surface area contributed by atoms with Crippen molar-refractivity contribution in [3.8, 4) is 0 Å². The first-order valence-corrected chi connectivity index (χ1v) is 6.20. The highest BCUT2D eigenvalue weighted by Gasteiger charge is 2.40. The van der Waals surface area contributed by atoms with Gasteiger partial charge in [0.25, 0.3) is 0 Å². The van der Waals surface area contributed by atoms with Crippen LogP contribution in [0.4, 0.5) is 14.5 Å². The van der Waals surface area contributed by atoms with Crippen molar-refractivity contribution in [2.24, 2.45) is 0 Å². The molecule has 0 saturated carbocycles.